The molecular formula is C22H22F2OS. The number of unbranched alkanes of at least 4 members (excludes halogenated alkanes) is 2. The van der Waals surface area contributed by atoms with Gasteiger partial charge in [-0.2, -0.15) is 4.39 Å². The summed E-state index contributed by atoms with van der Waals surface area (Å²) in [6.45, 7) is 4.55. The van der Waals surface area contributed by atoms with Gasteiger partial charge in [-0.3, -0.25) is 0 Å². The highest BCUT2D eigenvalue weighted by atomic mass is 32.1. The molecule has 0 aliphatic carbocycles. The Kier molecular flexibility index (Phi) is 6.04. The van der Waals surface area contributed by atoms with Crippen molar-refractivity contribution in [1.82, 2.24) is 0 Å². The lowest BCUT2D eigenvalue weighted by Gasteiger charge is -2.11. The van der Waals surface area contributed by atoms with Gasteiger partial charge in [0.05, 0.1) is 6.61 Å². The second-order valence-corrected chi connectivity index (χ2v) is 7.57. The zero-order chi connectivity index (χ0) is 18.5. The van der Waals surface area contributed by atoms with Crippen LogP contribution in [0, 0.1) is 18.6 Å². The van der Waals surface area contributed by atoms with E-state index in [4.69, 9.17) is 4.74 Å². The summed E-state index contributed by atoms with van der Waals surface area (Å²) < 4.78 is 34.2. The highest BCUT2D eigenvalue weighted by molar-refractivity contribution is 7.15. The average molecular weight is 372 g/mol. The molecule has 1 heterocycles. The van der Waals surface area contributed by atoms with Gasteiger partial charge in [0.1, 0.15) is 0 Å². The van der Waals surface area contributed by atoms with Crippen molar-refractivity contribution in [2.45, 2.75) is 33.1 Å². The maximum atomic E-state index is 14.5. The molecule has 4 heteroatoms. The molecule has 0 saturated heterocycles. The number of hydrogen-bond acceptors (Lipinski definition) is 2. The Bertz CT molecular complexity index is 868. The van der Waals surface area contributed by atoms with Crippen molar-refractivity contribution in [2.24, 2.45) is 0 Å². The van der Waals surface area contributed by atoms with E-state index in [1.165, 1.54) is 10.9 Å². The van der Waals surface area contributed by atoms with E-state index < -0.39 is 11.6 Å². The fraction of sp³-hybridized carbons (Fsp3) is 0.273. The summed E-state index contributed by atoms with van der Waals surface area (Å²) in [5.74, 6) is -1.80. The fourth-order valence-electron chi connectivity index (χ4n) is 2.80. The predicted molar refractivity (Wildman–Crippen MR) is 105 cm³/mol. The summed E-state index contributed by atoms with van der Waals surface area (Å²) in [4.78, 5) is 2.41. The smallest absolute Gasteiger partial charge is 0.201 e. The molecule has 0 fully saturated rings. The van der Waals surface area contributed by atoms with Crippen molar-refractivity contribution in [3.8, 4) is 27.3 Å². The summed E-state index contributed by atoms with van der Waals surface area (Å²) in [5, 5.41) is 0. The van der Waals surface area contributed by atoms with Gasteiger partial charge in [0.25, 0.3) is 0 Å². The van der Waals surface area contributed by atoms with Crippen LogP contribution in [0.2, 0.25) is 0 Å². The maximum Gasteiger partial charge on any atom is 0.201 e. The number of rotatable bonds is 7. The van der Waals surface area contributed by atoms with Crippen LogP contribution in [-0.4, -0.2) is 6.61 Å². The molecule has 2 aromatic carbocycles. The quantitative estimate of drug-likeness (QED) is 0.397. The van der Waals surface area contributed by atoms with Gasteiger partial charge in [-0.15, -0.1) is 11.3 Å². The molecule has 3 rings (SSSR count). The minimum atomic E-state index is -0.919. The Balaban J connectivity index is 1.79. The lowest BCUT2D eigenvalue weighted by Crippen LogP contribution is -2.01. The molecule has 1 nitrogen and oxygen atoms in total. The summed E-state index contributed by atoms with van der Waals surface area (Å²) in [5.41, 5.74) is 1.97. The van der Waals surface area contributed by atoms with Gasteiger partial charge < -0.3 is 4.74 Å². The molecule has 0 aliphatic rings. The molecule has 26 heavy (non-hydrogen) atoms. The van der Waals surface area contributed by atoms with Gasteiger partial charge in [-0.25, -0.2) is 4.39 Å². The molecular weight excluding hydrogens is 350 g/mol. The molecule has 0 radical (unpaired) electrons. The van der Waals surface area contributed by atoms with Crippen LogP contribution in [-0.2, 0) is 0 Å². The van der Waals surface area contributed by atoms with E-state index in [-0.39, 0.29) is 11.3 Å². The van der Waals surface area contributed by atoms with Gasteiger partial charge in [0, 0.05) is 15.3 Å². The third-order valence-corrected chi connectivity index (χ3v) is 5.32. The molecule has 0 amide bonds. The summed E-state index contributed by atoms with van der Waals surface area (Å²) in [6.07, 6.45) is 2.90. The first-order valence-corrected chi connectivity index (χ1v) is 9.70. The third-order valence-electron chi connectivity index (χ3n) is 4.27. The van der Waals surface area contributed by atoms with E-state index in [1.807, 2.05) is 24.3 Å². The zero-order valence-corrected chi connectivity index (χ0v) is 15.8. The highest BCUT2D eigenvalue weighted by Crippen LogP contribution is 2.33. The van der Waals surface area contributed by atoms with Crippen LogP contribution >= 0.6 is 11.3 Å². The van der Waals surface area contributed by atoms with Crippen molar-refractivity contribution in [1.29, 1.82) is 0 Å². The number of hydrogen-bond donors (Lipinski definition) is 0. The third kappa shape index (κ3) is 4.13. The van der Waals surface area contributed by atoms with Crippen molar-refractivity contribution >= 4 is 11.3 Å². The van der Waals surface area contributed by atoms with Crippen LogP contribution in [0.5, 0.6) is 5.75 Å². The van der Waals surface area contributed by atoms with Gasteiger partial charge >= 0.3 is 0 Å². The molecule has 0 aliphatic heterocycles. The van der Waals surface area contributed by atoms with Crippen LogP contribution < -0.4 is 4.74 Å². The van der Waals surface area contributed by atoms with E-state index >= 15 is 0 Å². The number of benzene rings is 2. The van der Waals surface area contributed by atoms with Crippen molar-refractivity contribution in [3.63, 3.8) is 0 Å². The maximum absolute atomic E-state index is 14.5. The second kappa shape index (κ2) is 8.45. The average Bonchev–Trinajstić information content (AvgIpc) is 3.09. The van der Waals surface area contributed by atoms with E-state index in [2.05, 4.69) is 26.0 Å². The second-order valence-electron chi connectivity index (χ2n) is 6.28. The molecule has 0 spiro atoms. The Morgan fingerprint density at radius 2 is 1.58 bits per heavy atom. The van der Waals surface area contributed by atoms with Crippen molar-refractivity contribution < 1.29 is 13.5 Å². The number of aryl methyl sites for hydroxylation is 1. The van der Waals surface area contributed by atoms with E-state index in [0.717, 1.165) is 29.7 Å². The monoisotopic (exact) mass is 372 g/mol. The molecule has 0 atom stereocenters. The molecule has 0 unspecified atom stereocenters. The van der Waals surface area contributed by atoms with Gasteiger partial charge in [-0.05, 0) is 48.7 Å². The Morgan fingerprint density at radius 1 is 0.846 bits per heavy atom. The first-order valence-electron chi connectivity index (χ1n) is 8.88. The Labute approximate surface area is 157 Å². The minimum absolute atomic E-state index is 0.0203. The number of halogens is 2. The molecule has 3 aromatic rings. The Hall–Kier alpha value is -2.20. The van der Waals surface area contributed by atoms with Crippen molar-refractivity contribution in [2.75, 3.05) is 6.61 Å². The van der Waals surface area contributed by atoms with E-state index in [9.17, 15) is 8.78 Å². The highest BCUT2D eigenvalue weighted by Gasteiger charge is 2.16. The first kappa shape index (κ1) is 18.6. The molecule has 0 bridgehead atoms. The molecule has 0 saturated carbocycles. The standard InChI is InChI=1S/C22H22F2OS/c1-3-4-5-14-25-19-12-11-18(21(23)22(19)24)16-7-9-17(10-8-16)20-13-6-15(2)26-20/h6-13H,3-5,14H2,1-2H3. The van der Waals surface area contributed by atoms with E-state index in [0.29, 0.717) is 12.2 Å². The predicted octanol–water partition coefficient (Wildman–Crippen LogP) is 7.24. The van der Waals surface area contributed by atoms with Crippen LogP contribution in [0.15, 0.2) is 48.5 Å². The first-order chi connectivity index (χ1) is 12.6. The van der Waals surface area contributed by atoms with Crippen LogP contribution in [0.4, 0.5) is 8.78 Å². The molecule has 136 valence electrons. The number of ether oxygens (including phenoxy) is 1. The summed E-state index contributed by atoms with van der Waals surface area (Å²) in [6, 6.07) is 14.8. The SMILES string of the molecule is CCCCCOc1ccc(-c2ccc(-c3ccc(C)s3)cc2)c(F)c1F. The Morgan fingerprint density at radius 3 is 2.23 bits per heavy atom. The lowest BCUT2D eigenvalue weighted by atomic mass is 10.0. The largest absolute Gasteiger partial charge is 0.490 e. The van der Waals surface area contributed by atoms with Gasteiger partial charge in [0.15, 0.2) is 11.6 Å². The van der Waals surface area contributed by atoms with Crippen LogP contribution in [0.3, 0.4) is 0 Å². The van der Waals surface area contributed by atoms with Crippen LogP contribution in [0.1, 0.15) is 31.1 Å². The van der Waals surface area contributed by atoms with Crippen LogP contribution in [0.25, 0.3) is 21.6 Å². The number of thiophene rings is 1. The molecule has 0 N–H and O–H groups in total. The minimum Gasteiger partial charge on any atom is -0.490 e. The fourth-order valence-corrected chi connectivity index (χ4v) is 3.68. The van der Waals surface area contributed by atoms with Crippen molar-refractivity contribution in [3.05, 3.63) is 65.0 Å². The van der Waals surface area contributed by atoms with Gasteiger partial charge in [0.2, 0.25) is 5.82 Å². The topological polar surface area (TPSA) is 9.23 Å². The zero-order valence-electron chi connectivity index (χ0n) is 15.0. The van der Waals surface area contributed by atoms with E-state index in [1.54, 1.807) is 17.4 Å². The van der Waals surface area contributed by atoms with Gasteiger partial charge in [-0.1, -0.05) is 44.0 Å². The normalized spacial score (nSPS) is 10.9. The molecule has 1 aromatic heterocycles. The lowest BCUT2D eigenvalue weighted by molar-refractivity contribution is 0.286. The summed E-state index contributed by atoms with van der Waals surface area (Å²) in [7, 11) is 0. The summed E-state index contributed by atoms with van der Waals surface area (Å²) >= 11 is 1.71.